The van der Waals surface area contributed by atoms with E-state index in [9.17, 15) is 4.79 Å². The third-order valence-corrected chi connectivity index (χ3v) is 6.20. The monoisotopic (exact) mass is 404 g/mol. The van der Waals surface area contributed by atoms with Crippen molar-refractivity contribution < 1.29 is 4.79 Å². The highest BCUT2D eigenvalue weighted by Crippen LogP contribution is 2.24. The molecule has 1 fully saturated rings. The van der Waals surface area contributed by atoms with Crippen molar-refractivity contribution in [2.24, 2.45) is 0 Å². The Balaban J connectivity index is 1.44. The van der Waals surface area contributed by atoms with E-state index < -0.39 is 0 Å². The van der Waals surface area contributed by atoms with Gasteiger partial charge in [0.2, 0.25) is 0 Å². The van der Waals surface area contributed by atoms with Gasteiger partial charge in [-0.05, 0) is 42.6 Å². The number of H-pyrrole nitrogens is 1. The fourth-order valence-corrected chi connectivity index (χ4v) is 4.55. The van der Waals surface area contributed by atoms with Crippen molar-refractivity contribution >= 4 is 16.7 Å². The van der Waals surface area contributed by atoms with Crippen molar-refractivity contribution in [3.63, 3.8) is 0 Å². The maximum atomic E-state index is 13.6. The Morgan fingerprint density at radius 2 is 2.00 bits per heavy atom. The summed E-state index contributed by atoms with van der Waals surface area (Å²) in [5, 5.41) is 2.19. The van der Waals surface area contributed by atoms with Crippen LogP contribution in [0.15, 0.2) is 55.0 Å². The molecule has 1 amide bonds. The van der Waals surface area contributed by atoms with Gasteiger partial charge in [0.25, 0.3) is 5.91 Å². The third-order valence-electron chi connectivity index (χ3n) is 6.20. The van der Waals surface area contributed by atoms with Gasteiger partial charge in [0.05, 0.1) is 12.0 Å². The lowest BCUT2D eigenvalue weighted by Crippen LogP contribution is -2.55. The molecule has 4 rings (SSSR count). The summed E-state index contributed by atoms with van der Waals surface area (Å²) in [6.07, 6.45) is 9.21. The molecule has 1 atom stereocenters. The van der Waals surface area contributed by atoms with Gasteiger partial charge >= 0.3 is 0 Å². The summed E-state index contributed by atoms with van der Waals surface area (Å²) in [6, 6.07) is 14.5. The molecule has 1 aliphatic heterocycles. The number of carbonyl (C=O) groups excluding carboxylic acids is 1. The zero-order chi connectivity index (χ0) is 20.8. The number of fused-ring (bicyclic) bond motifs is 1. The number of hydrogen-bond acceptors (Lipinski definition) is 3. The van der Waals surface area contributed by atoms with Crippen LogP contribution in [0.5, 0.6) is 0 Å². The number of rotatable bonds is 8. The molecule has 158 valence electrons. The van der Waals surface area contributed by atoms with Crippen LogP contribution in [-0.4, -0.2) is 57.9 Å². The topological polar surface area (TPSA) is 52.2 Å². The minimum Gasteiger partial charge on any atom is -0.351 e. The van der Waals surface area contributed by atoms with Crippen molar-refractivity contribution in [1.29, 1.82) is 0 Å². The van der Waals surface area contributed by atoms with Gasteiger partial charge in [-0.3, -0.25) is 9.69 Å². The van der Waals surface area contributed by atoms with Crippen molar-refractivity contribution in [1.82, 2.24) is 19.8 Å². The number of hydrogen-bond donors (Lipinski definition) is 1. The van der Waals surface area contributed by atoms with Crippen LogP contribution in [0.4, 0.5) is 0 Å². The van der Waals surface area contributed by atoms with Gasteiger partial charge in [-0.15, -0.1) is 0 Å². The highest BCUT2D eigenvalue weighted by atomic mass is 16.2. The molecule has 0 saturated carbocycles. The van der Waals surface area contributed by atoms with Crippen molar-refractivity contribution in [2.75, 3.05) is 26.2 Å². The number of piperazine rings is 1. The summed E-state index contributed by atoms with van der Waals surface area (Å²) in [7, 11) is 0. The van der Waals surface area contributed by atoms with E-state index in [2.05, 4.69) is 44.9 Å². The number of aryl methyl sites for hydroxylation is 1. The quantitative estimate of drug-likeness (QED) is 0.601. The molecule has 3 aromatic rings. The molecule has 5 heteroatoms. The van der Waals surface area contributed by atoms with Gasteiger partial charge in [0.15, 0.2) is 0 Å². The minimum absolute atomic E-state index is 0.184. The van der Waals surface area contributed by atoms with E-state index in [1.807, 2.05) is 30.5 Å². The first kappa shape index (κ1) is 20.6. The average Bonchev–Trinajstić information content (AvgIpc) is 3.30. The second kappa shape index (κ2) is 9.90. The number of nitrogens with one attached hydrogen (secondary N) is 1. The Bertz CT molecular complexity index is 947. The summed E-state index contributed by atoms with van der Waals surface area (Å²) in [6.45, 7) is 6.00. The molecule has 0 bridgehead atoms. The van der Waals surface area contributed by atoms with Crippen LogP contribution in [-0.2, 0) is 6.42 Å². The van der Waals surface area contributed by atoms with Gasteiger partial charge in [0, 0.05) is 37.4 Å². The number of nitrogens with zero attached hydrogens (tertiary/aromatic N) is 3. The molecular formula is C25H32N4O. The maximum absolute atomic E-state index is 13.6. The van der Waals surface area contributed by atoms with Gasteiger partial charge in [-0.25, -0.2) is 4.98 Å². The molecular weight excluding hydrogens is 372 g/mol. The molecule has 0 spiro atoms. The molecule has 1 aromatic heterocycles. The Labute approximate surface area is 179 Å². The van der Waals surface area contributed by atoms with Crippen molar-refractivity contribution in [3.05, 3.63) is 66.2 Å². The van der Waals surface area contributed by atoms with E-state index in [-0.39, 0.29) is 11.9 Å². The molecule has 1 saturated heterocycles. The average molecular weight is 405 g/mol. The standard InChI is InChI=1S/C25H32N4O/c1-2-3-11-22-18-28(14-7-10-21-17-26-19-27-21)15-16-29(22)25(30)24-13-6-9-20-8-4-5-12-23(20)24/h4-6,8-9,12-13,17,19,22H,2-3,7,10-11,14-16,18H2,1H3,(H,26,27). The number of imidazole rings is 1. The van der Waals surface area contributed by atoms with Crippen LogP contribution in [0.2, 0.25) is 0 Å². The lowest BCUT2D eigenvalue weighted by molar-refractivity contribution is 0.0431. The van der Waals surface area contributed by atoms with Crippen LogP contribution in [0.3, 0.4) is 0 Å². The highest BCUT2D eigenvalue weighted by molar-refractivity contribution is 6.07. The molecule has 30 heavy (non-hydrogen) atoms. The van der Waals surface area contributed by atoms with E-state index in [0.29, 0.717) is 0 Å². The number of aromatic amines is 1. The first-order chi connectivity index (χ1) is 14.8. The molecule has 0 radical (unpaired) electrons. The summed E-state index contributed by atoms with van der Waals surface area (Å²) in [5.41, 5.74) is 1.96. The normalized spacial score (nSPS) is 17.5. The van der Waals surface area contributed by atoms with Crippen LogP contribution < -0.4 is 0 Å². The predicted molar refractivity (Wildman–Crippen MR) is 122 cm³/mol. The van der Waals surface area contributed by atoms with Crippen LogP contribution in [0.25, 0.3) is 10.8 Å². The second-order valence-electron chi connectivity index (χ2n) is 8.29. The van der Waals surface area contributed by atoms with Gasteiger partial charge in [-0.1, -0.05) is 56.2 Å². The Kier molecular flexibility index (Phi) is 6.80. The fraction of sp³-hybridized carbons (Fsp3) is 0.440. The summed E-state index contributed by atoms with van der Waals surface area (Å²) in [4.78, 5) is 25.6. The van der Waals surface area contributed by atoms with Gasteiger partial charge < -0.3 is 9.88 Å². The number of unbranched alkanes of at least 4 members (excludes halogenated alkanes) is 1. The Morgan fingerprint density at radius 3 is 2.83 bits per heavy atom. The third kappa shape index (κ3) is 4.73. The SMILES string of the molecule is CCCCC1CN(CCCc2c[nH]cn2)CCN1C(=O)c1cccc2ccccc12. The first-order valence-electron chi connectivity index (χ1n) is 11.2. The molecule has 1 aliphatic rings. The molecule has 1 N–H and O–H groups in total. The highest BCUT2D eigenvalue weighted by Gasteiger charge is 2.31. The van der Waals surface area contributed by atoms with E-state index in [4.69, 9.17) is 0 Å². The fourth-order valence-electron chi connectivity index (χ4n) is 4.55. The number of carbonyl (C=O) groups is 1. The Morgan fingerprint density at radius 1 is 1.13 bits per heavy atom. The van der Waals surface area contributed by atoms with Crippen LogP contribution in [0, 0.1) is 0 Å². The van der Waals surface area contributed by atoms with Gasteiger partial charge in [-0.2, -0.15) is 0 Å². The second-order valence-corrected chi connectivity index (χ2v) is 8.29. The van der Waals surface area contributed by atoms with Gasteiger partial charge in [0.1, 0.15) is 0 Å². The predicted octanol–water partition coefficient (Wildman–Crippen LogP) is 4.51. The summed E-state index contributed by atoms with van der Waals surface area (Å²) < 4.78 is 0. The Hall–Kier alpha value is -2.66. The lowest BCUT2D eigenvalue weighted by Gasteiger charge is -2.42. The lowest BCUT2D eigenvalue weighted by atomic mass is 10.00. The molecule has 0 aliphatic carbocycles. The summed E-state index contributed by atoms with van der Waals surface area (Å²) >= 11 is 0. The maximum Gasteiger partial charge on any atom is 0.254 e. The van der Waals surface area contributed by atoms with E-state index in [1.54, 1.807) is 6.33 Å². The smallest absolute Gasteiger partial charge is 0.254 e. The zero-order valence-electron chi connectivity index (χ0n) is 17.9. The van der Waals surface area contributed by atoms with Crippen molar-refractivity contribution in [2.45, 2.75) is 45.1 Å². The largest absolute Gasteiger partial charge is 0.351 e. The molecule has 5 nitrogen and oxygen atoms in total. The first-order valence-corrected chi connectivity index (χ1v) is 11.2. The molecule has 1 unspecified atom stereocenters. The van der Waals surface area contributed by atoms with Crippen LogP contribution in [0.1, 0.15) is 48.7 Å². The number of aromatic nitrogens is 2. The number of benzene rings is 2. The van der Waals surface area contributed by atoms with Crippen molar-refractivity contribution in [3.8, 4) is 0 Å². The zero-order valence-corrected chi connectivity index (χ0v) is 17.9. The summed E-state index contributed by atoms with van der Waals surface area (Å²) in [5.74, 6) is 0.184. The number of amides is 1. The molecule has 2 aromatic carbocycles. The van der Waals surface area contributed by atoms with E-state index in [0.717, 1.165) is 80.3 Å². The van der Waals surface area contributed by atoms with Crippen LogP contribution >= 0.6 is 0 Å². The minimum atomic E-state index is 0.184. The van der Waals surface area contributed by atoms with E-state index >= 15 is 0 Å². The van der Waals surface area contributed by atoms with E-state index in [1.165, 1.54) is 0 Å². The molecule has 2 heterocycles.